The Morgan fingerprint density at radius 2 is 1.81 bits per heavy atom. The maximum atomic E-state index is 14.1. The van der Waals surface area contributed by atoms with Crippen molar-refractivity contribution in [2.45, 2.75) is 44.4 Å². The Bertz CT molecular complexity index is 1940. The SMILES string of the molecule is COc1cccc(C2CC(c3cccs3)=NN2C(=O)CSc2nnc(CNC(=O)Cc3ccccc3)n2-c2cc(C)ccc2C)c1OC. The van der Waals surface area contributed by atoms with Crippen LogP contribution in [0.3, 0.4) is 0 Å². The average molecular weight is 681 g/mol. The highest BCUT2D eigenvalue weighted by Gasteiger charge is 2.36. The van der Waals surface area contributed by atoms with Crippen molar-refractivity contribution in [2.75, 3.05) is 20.0 Å². The number of hydrogen-bond acceptors (Lipinski definition) is 9. The zero-order valence-electron chi connectivity index (χ0n) is 27.2. The summed E-state index contributed by atoms with van der Waals surface area (Å²) in [6.45, 7) is 4.22. The zero-order valence-corrected chi connectivity index (χ0v) is 28.8. The minimum absolute atomic E-state index is 0.0629. The molecule has 3 aromatic carbocycles. The Kier molecular flexibility index (Phi) is 10.2. The number of aryl methyl sites for hydroxylation is 2. The predicted octanol–water partition coefficient (Wildman–Crippen LogP) is 6.29. The van der Waals surface area contributed by atoms with E-state index in [0.29, 0.717) is 28.9 Å². The van der Waals surface area contributed by atoms with Crippen LogP contribution in [0.15, 0.2) is 94.5 Å². The van der Waals surface area contributed by atoms with Crippen LogP contribution in [0.5, 0.6) is 11.5 Å². The van der Waals surface area contributed by atoms with Crippen molar-refractivity contribution < 1.29 is 19.1 Å². The minimum atomic E-state index is -0.382. The number of para-hydroxylation sites is 1. The average Bonchev–Trinajstić information content (AvgIpc) is 3.88. The van der Waals surface area contributed by atoms with Crippen LogP contribution in [-0.4, -0.2) is 57.3 Å². The Morgan fingerprint density at radius 1 is 0.979 bits per heavy atom. The van der Waals surface area contributed by atoms with Crippen molar-refractivity contribution in [2.24, 2.45) is 5.10 Å². The van der Waals surface area contributed by atoms with E-state index in [2.05, 4.69) is 21.6 Å². The second-order valence-electron chi connectivity index (χ2n) is 11.3. The Labute approximate surface area is 287 Å². The molecule has 1 N–H and O–H groups in total. The number of methoxy groups -OCH3 is 2. The van der Waals surface area contributed by atoms with Gasteiger partial charge in [0, 0.05) is 12.0 Å². The number of hydrazone groups is 1. The number of carbonyl (C=O) groups excluding carboxylic acids is 2. The Balaban J connectivity index is 1.26. The van der Waals surface area contributed by atoms with Gasteiger partial charge in [-0.25, -0.2) is 5.01 Å². The highest BCUT2D eigenvalue weighted by atomic mass is 32.2. The lowest BCUT2D eigenvalue weighted by Crippen LogP contribution is -2.29. The van der Waals surface area contributed by atoms with E-state index >= 15 is 0 Å². The van der Waals surface area contributed by atoms with Gasteiger partial charge in [0.25, 0.3) is 5.91 Å². The second-order valence-corrected chi connectivity index (χ2v) is 13.2. The largest absolute Gasteiger partial charge is 0.493 e. The summed E-state index contributed by atoms with van der Waals surface area (Å²) in [5.41, 5.74) is 5.55. The molecule has 0 saturated heterocycles. The van der Waals surface area contributed by atoms with Gasteiger partial charge < -0.3 is 14.8 Å². The number of hydrogen-bond donors (Lipinski definition) is 1. The van der Waals surface area contributed by atoms with Crippen LogP contribution in [0.25, 0.3) is 5.69 Å². The molecule has 2 aromatic heterocycles. The summed E-state index contributed by atoms with van der Waals surface area (Å²) in [5.74, 6) is 1.49. The summed E-state index contributed by atoms with van der Waals surface area (Å²) in [4.78, 5) is 27.9. The van der Waals surface area contributed by atoms with Crippen LogP contribution in [0.4, 0.5) is 0 Å². The number of nitrogens with one attached hydrogen (secondary N) is 1. The molecule has 1 unspecified atom stereocenters. The summed E-state index contributed by atoms with van der Waals surface area (Å²) >= 11 is 2.87. The molecule has 2 amide bonds. The van der Waals surface area contributed by atoms with Crippen molar-refractivity contribution >= 4 is 40.6 Å². The third-order valence-corrected chi connectivity index (χ3v) is 9.88. The Hall–Kier alpha value is -4.94. The van der Waals surface area contributed by atoms with Gasteiger partial charge >= 0.3 is 0 Å². The highest BCUT2D eigenvalue weighted by molar-refractivity contribution is 7.99. The summed E-state index contributed by atoms with van der Waals surface area (Å²) in [7, 11) is 3.19. The van der Waals surface area contributed by atoms with Gasteiger partial charge in [-0.1, -0.05) is 72.4 Å². The van der Waals surface area contributed by atoms with Crippen LogP contribution in [-0.2, 0) is 22.6 Å². The van der Waals surface area contributed by atoms with E-state index < -0.39 is 0 Å². The van der Waals surface area contributed by atoms with Gasteiger partial charge in [-0.15, -0.1) is 21.5 Å². The molecule has 1 aliphatic heterocycles. The summed E-state index contributed by atoms with van der Waals surface area (Å²) in [5, 5.41) is 20.9. The number of rotatable bonds is 12. The molecule has 5 aromatic rings. The van der Waals surface area contributed by atoms with E-state index in [0.717, 1.165) is 38.5 Å². The van der Waals surface area contributed by atoms with Crippen LogP contribution in [0.1, 0.15) is 45.4 Å². The van der Waals surface area contributed by atoms with E-state index in [1.807, 2.05) is 96.6 Å². The molecule has 10 nitrogen and oxygen atoms in total. The highest BCUT2D eigenvalue weighted by Crippen LogP contribution is 2.42. The first kappa shape index (κ1) is 33.0. The number of thiophene rings is 1. The molecule has 0 radical (unpaired) electrons. The lowest BCUT2D eigenvalue weighted by atomic mass is 9.99. The fourth-order valence-electron chi connectivity index (χ4n) is 5.67. The number of thioether (sulfide) groups is 1. The normalized spacial score (nSPS) is 14.1. The molecule has 3 heterocycles. The third-order valence-electron chi connectivity index (χ3n) is 8.05. The third kappa shape index (κ3) is 7.14. The lowest BCUT2D eigenvalue weighted by molar-refractivity contribution is -0.130. The molecular formula is C36H36N6O4S2. The molecule has 6 rings (SSSR count). The lowest BCUT2D eigenvalue weighted by Gasteiger charge is -2.24. The van der Waals surface area contributed by atoms with E-state index in [1.54, 1.807) is 30.6 Å². The first-order valence-corrected chi connectivity index (χ1v) is 17.3. The molecule has 0 spiro atoms. The monoisotopic (exact) mass is 680 g/mol. The van der Waals surface area contributed by atoms with Gasteiger partial charge in [0.15, 0.2) is 22.5 Å². The maximum Gasteiger partial charge on any atom is 0.253 e. The predicted molar refractivity (Wildman–Crippen MR) is 188 cm³/mol. The second kappa shape index (κ2) is 14.9. The van der Waals surface area contributed by atoms with Gasteiger partial charge in [-0.2, -0.15) is 5.10 Å². The molecular weight excluding hydrogens is 645 g/mol. The molecule has 1 aliphatic rings. The van der Waals surface area contributed by atoms with Crippen LogP contribution >= 0.6 is 23.1 Å². The number of carbonyl (C=O) groups is 2. The quantitative estimate of drug-likeness (QED) is 0.154. The van der Waals surface area contributed by atoms with Gasteiger partial charge in [0.1, 0.15) is 0 Å². The first-order chi connectivity index (χ1) is 23.4. The fraction of sp³-hybridized carbons (Fsp3) is 0.250. The van der Waals surface area contributed by atoms with Crippen molar-refractivity contribution in [1.82, 2.24) is 25.1 Å². The number of ether oxygens (including phenoxy) is 2. The Morgan fingerprint density at radius 3 is 2.56 bits per heavy atom. The number of benzene rings is 3. The van der Waals surface area contributed by atoms with E-state index in [4.69, 9.17) is 14.6 Å². The molecule has 0 fully saturated rings. The number of amides is 2. The van der Waals surface area contributed by atoms with Crippen molar-refractivity contribution in [3.05, 3.63) is 117 Å². The summed E-state index contributed by atoms with van der Waals surface area (Å²) in [6, 6.07) is 25.0. The molecule has 1 atom stereocenters. The van der Waals surface area contributed by atoms with E-state index in [1.165, 1.54) is 11.8 Å². The van der Waals surface area contributed by atoms with Crippen LogP contribution in [0, 0.1) is 13.8 Å². The van der Waals surface area contributed by atoms with E-state index in [9.17, 15) is 9.59 Å². The van der Waals surface area contributed by atoms with Crippen LogP contribution in [0.2, 0.25) is 0 Å². The summed E-state index contributed by atoms with van der Waals surface area (Å²) in [6.07, 6.45) is 0.795. The molecule has 0 bridgehead atoms. The van der Waals surface area contributed by atoms with Gasteiger partial charge in [0.2, 0.25) is 5.91 Å². The van der Waals surface area contributed by atoms with Gasteiger partial charge in [-0.3, -0.25) is 14.2 Å². The number of aromatic nitrogens is 3. The minimum Gasteiger partial charge on any atom is -0.493 e. The standard InChI is InChI=1S/C36H36N6O4S2/c1-23-15-16-24(2)28(18-23)41-32(21-37-33(43)19-25-10-6-5-7-11-25)38-39-36(41)48-22-34(44)42-29(20-27(40-42)31-14-9-17-47-31)26-12-8-13-30(45-3)35(26)46-4/h5-18,29H,19-22H2,1-4H3,(H,37,43). The van der Waals surface area contributed by atoms with Crippen molar-refractivity contribution in [3.63, 3.8) is 0 Å². The van der Waals surface area contributed by atoms with Crippen LogP contribution < -0.4 is 14.8 Å². The molecule has 0 aliphatic carbocycles. The smallest absolute Gasteiger partial charge is 0.253 e. The molecule has 0 saturated carbocycles. The van der Waals surface area contributed by atoms with Crippen molar-refractivity contribution in [1.29, 1.82) is 0 Å². The van der Waals surface area contributed by atoms with E-state index in [-0.39, 0.29) is 36.6 Å². The first-order valence-electron chi connectivity index (χ1n) is 15.5. The van der Waals surface area contributed by atoms with Crippen molar-refractivity contribution in [3.8, 4) is 17.2 Å². The molecule has 12 heteroatoms. The number of nitrogens with zero attached hydrogens (tertiary/aromatic N) is 5. The maximum absolute atomic E-state index is 14.1. The van der Waals surface area contributed by atoms with Gasteiger partial charge in [0.05, 0.1) is 55.3 Å². The topological polar surface area (TPSA) is 111 Å². The summed E-state index contributed by atoms with van der Waals surface area (Å²) < 4.78 is 13.2. The zero-order chi connectivity index (χ0) is 33.6. The fourth-order valence-corrected chi connectivity index (χ4v) is 7.21. The molecule has 48 heavy (non-hydrogen) atoms. The molecule has 246 valence electrons. The van der Waals surface area contributed by atoms with Gasteiger partial charge in [-0.05, 0) is 54.1 Å².